The molecule has 1 aromatic carbocycles. The zero-order valence-electron chi connectivity index (χ0n) is 11.3. The topological polar surface area (TPSA) is 85.2 Å². The van der Waals surface area contributed by atoms with Crippen molar-refractivity contribution in [1.82, 2.24) is 10.1 Å². The Bertz CT molecular complexity index is 582. The quantitative estimate of drug-likeness (QED) is 0.898. The number of phenols is 1. The fraction of sp³-hybridized carbons (Fsp3) is 0.467. The van der Waals surface area contributed by atoms with E-state index in [1.165, 1.54) is 12.8 Å². The normalized spacial score (nSPS) is 22.9. The molecule has 5 heteroatoms. The Morgan fingerprint density at radius 2 is 2.15 bits per heavy atom. The predicted octanol–water partition coefficient (Wildman–Crippen LogP) is 2.67. The van der Waals surface area contributed by atoms with Crippen molar-refractivity contribution in [3.63, 3.8) is 0 Å². The highest BCUT2D eigenvalue weighted by molar-refractivity contribution is 5.56. The zero-order chi connectivity index (χ0) is 13.9. The summed E-state index contributed by atoms with van der Waals surface area (Å²) >= 11 is 0. The third-order valence-corrected chi connectivity index (χ3v) is 4.08. The van der Waals surface area contributed by atoms with Crippen molar-refractivity contribution in [2.24, 2.45) is 11.7 Å². The fourth-order valence-corrected chi connectivity index (χ4v) is 2.96. The third-order valence-electron chi connectivity index (χ3n) is 4.08. The molecule has 2 aromatic rings. The van der Waals surface area contributed by atoms with E-state index in [1.54, 1.807) is 18.2 Å². The number of aromatic nitrogens is 2. The summed E-state index contributed by atoms with van der Waals surface area (Å²) in [6.45, 7) is 0.661. The molecule has 3 rings (SSSR count). The van der Waals surface area contributed by atoms with Crippen LogP contribution >= 0.6 is 0 Å². The first kappa shape index (κ1) is 13.1. The predicted molar refractivity (Wildman–Crippen MR) is 75.2 cm³/mol. The van der Waals surface area contributed by atoms with E-state index in [-0.39, 0.29) is 11.7 Å². The number of nitrogens with two attached hydrogens (primary N) is 1. The van der Waals surface area contributed by atoms with Gasteiger partial charge in [0.2, 0.25) is 11.7 Å². The molecule has 1 saturated carbocycles. The molecule has 1 aromatic heterocycles. The van der Waals surface area contributed by atoms with E-state index in [2.05, 4.69) is 10.1 Å². The SMILES string of the molecule is NCC1CCCCC1c1nc(-c2cccc(O)c2)no1. The van der Waals surface area contributed by atoms with Crippen LogP contribution in [0.2, 0.25) is 0 Å². The molecule has 3 N–H and O–H groups in total. The van der Waals surface area contributed by atoms with E-state index in [9.17, 15) is 5.11 Å². The molecular weight excluding hydrogens is 254 g/mol. The van der Waals surface area contributed by atoms with Gasteiger partial charge in [-0.3, -0.25) is 0 Å². The van der Waals surface area contributed by atoms with Crippen LogP contribution in [0.15, 0.2) is 28.8 Å². The smallest absolute Gasteiger partial charge is 0.230 e. The number of hydrogen-bond acceptors (Lipinski definition) is 5. The largest absolute Gasteiger partial charge is 0.508 e. The average molecular weight is 273 g/mol. The molecule has 0 spiro atoms. The molecule has 1 heterocycles. The first-order valence-electron chi connectivity index (χ1n) is 7.11. The van der Waals surface area contributed by atoms with Gasteiger partial charge in [-0.2, -0.15) is 4.98 Å². The lowest BCUT2D eigenvalue weighted by Gasteiger charge is -2.27. The van der Waals surface area contributed by atoms with Gasteiger partial charge in [-0.1, -0.05) is 30.1 Å². The Balaban J connectivity index is 1.86. The van der Waals surface area contributed by atoms with Gasteiger partial charge in [-0.25, -0.2) is 0 Å². The Morgan fingerprint density at radius 3 is 2.95 bits per heavy atom. The number of nitrogens with zero attached hydrogens (tertiary/aromatic N) is 2. The van der Waals surface area contributed by atoms with Crippen molar-refractivity contribution >= 4 is 0 Å². The van der Waals surface area contributed by atoms with Gasteiger partial charge in [0, 0.05) is 11.5 Å². The molecule has 20 heavy (non-hydrogen) atoms. The standard InChI is InChI=1S/C15H19N3O2/c16-9-11-4-1-2-7-13(11)15-17-14(18-20-15)10-5-3-6-12(19)8-10/h3,5-6,8,11,13,19H,1-2,4,7,9,16H2. The van der Waals surface area contributed by atoms with Crippen molar-refractivity contribution in [2.75, 3.05) is 6.54 Å². The van der Waals surface area contributed by atoms with Gasteiger partial charge in [0.25, 0.3) is 0 Å². The molecule has 0 amide bonds. The van der Waals surface area contributed by atoms with Crippen molar-refractivity contribution in [3.05, 3.63) is 30.2 Å². The van der Waals surface area contributed by atoms with Crippen LogP contribution in [0.4, 0.5) is 0 Å². The molecular formula is C15H19N3O2. The average Bonchev–Trinajstić information content (AvgIpc) is 2.97. The number of aromatic hydroxyl groups is 1. The van der Waals surface area contributed by atoms with Crippen molar-refractivity contribution in [2.45, 2.75) is 31.6 Å². The van der Waals surface area contributed by atoms with Crippen LogP contribution in [0, 0.1) is 5.92 Å². The lowest BCUT2D eigenvalue weighted by atomic mass is 9.79. The van der Waals surface area contributed by atoms with Gasteiger partial charge in [-0.05, 0) is 37.4 Å². The van der Waals surface area contributed by atoms with E-state index >= 15 is 0 Å². The summed E-state index contributed by atoms with van der Waals surface area (Å²) in [5.74, 6) is 2.11. The third kappa shape index (κ3) is 2.54. The Morgan fingerprint density at radius 1 is 1.30 bits per heavy atom. The van der Waals surface area contributed by atoms with Crippen LogP contribution in [0.1, 0.15) is 37.5 Å². The summed E-state index contributed by atoms with van der Waals surface area (Å²) in [6, 6.07) is 6.88. The van der Waals surface area contributed by atoms with Crippen LogP contribution in [-0.2, 0) is 0 Å². The van der Waals surface area contributed by atoms with Gasteiger partial charge in [0.1, 0.15) is 5.75 Å². The van der Waals surface area contributed by atoms with Crippen LogP contribution in [0.5, 0.6) is 5.75 Å². The summed E-state index contributed by atoms with van der Waals surface area (Å²) in [4.78, 5) is 4.50. The van der Waals surface area contributed by atoms with E-state index in [4.69, 9.17) is 10.3 Å². The van der Waals surface area contributed by atoms with E-state index < -0.39 is 0 Å². The summed E-state index contributed by atoms with van der Waals surface area (Å²) in [7, 11) is 0. The second-order valence-electron chi connectivity index (χ2n) is 5.39. The number of benzene rings is 1. The molecule has 0 saturated heterocycles. The fourth-order valence-electron chi connectivity index (χ4n) is 2.96. The minimum Gasteiger partial charge on any atom is -0.508 e. The van der Waals surface area contributed by atoms with Crippen molar-refractivity contribution in [1.29, 1.82) is 0 Å². The highest BCUT2D eigenvalue weighted by Crippen LogP contribution is 2.37. The molecule has 5 nitrogen and oxygen atoms in total. The molecule has 0 aliphatic heterocycles. The number of rotatable bonds is 3. The molecule has 0 bridgehead atoms. The van der Waals surface area contributed by atoms with Gasteiger partial charge in [0.15, 0.2) is 0 Å². The van der Waals surface area contributed by atoms with Gasteiger partial charge in [-0.15, -0.1) is 0 Å². The van der Waals surface area contributed by atoms with Crippen molar-refractivity contribution in [3.8, 4) is 17.1 Å². The van der Waals surface area contributed by atoms with Crippen LogP contribution in [0.25, 0.3) is 11.4 Å². The Kier molecular flexibility index (Phi) is 3.69. The van der Waals surface area contributed by atoms with Crippen LogP contribution in [0.3, 0.4) is 0 Å². The molecule has 106 valence electrons. The molecule has 1 aliphatic rings. The molecule has 2 unspecified atom stereocenters. The minimum atomic E-state index is 0.200. The highest BCUT2D eigenvalue weighted by atomic mass is 16.5. The molecule has 1 fully saturated rings. The summed E-state index contributed by atoms with van der Waals surface area (Å²) in [5, 5.41) is 13.5. The maximum absolute atomic E-state index is 9.51. The second kappa shape index (κ2) is 5.63. The zero-order valence-corrected chi connectivity index (χ0v) is 11.3. The molecule has 0 radical (unpaired) electrons. The molecule has 2 atom stereocenters. The first-order chi connectivity index (χ1) is 9.78. The number of hydrogen-bond donors (Lipinski definition) is 2. The van der Waals surface area contributed by atoms with Crippen molar-refractivity contribution < 1.29 is 9.63 Å². The second-order valence-corrected chi connectivity index (χ2v) is 5.39. The lowest BCUT2D eigenvalue weighted by molar-refractivity contribution is 0.249. The van der Waals surface area contributed by atoms with Crippen LogP contribution in [-0.4, -0.2) is 21.8 Å². The van der Waals surface area contributed by atoms with Gasteiger partial charge < -0.3 is 15.4 Å². The molecule has 1 aliphatic carbocycles. The first-order valence-corrected chi connectivity index (χ1v) is 7.11. The maximum Gasteiger partial charge on any atom is 0.230 e. The van der Waals surface area contributed by atoms with E-state index in [0.717, 1.165) is 18.4 Å². The van der Waals surface area contributed by atoms with Crippen LogP contribution < -0.4 is 5.73 Å². The Labute approximate surface area is 117 Å². The number of phenolic OH excluding ortho intramolecular Hbond substituents is 1. The monoisotopic (exact) mass is 273 g/mol. The van der Waals surface area contributed by atoms with E-state index in [0.29, 0.717) is 24.2 Å². The summed E-state index contributed by atoms with van der Waals surface area (Å²) < 4.78 is 5.43. The highest BCUT2D eigenvalue weighted by Gasteiger charge is 2.30. The van der Waals surface area contributed by atoms with Gasteiger partial charge in [0.05, 0.1) is 0 Å². The Hall–Kier alpha value is -1.88. The lowest BCUT2D eigenvalue weighted by Crippen LogP contribution is -2.25. The maximum atomic E-state index is 9.51. The van der Waals surface area contributed by atoms with E-state index in [1.807, 2.05) is 6.07 Å². The summed E-state index contributed by atoms with van der Waals surface area (Å²) in [6.07, 6.45) is 4.60. The minimum absolute atomic E-state index is 0.200. The van der Waals surface area contributed by atoms with Gasteiger partial charge >= 0.3 is 0 Å². The summed E-state index contributed by atoms with van der Waals surface area (Å²) in [5.41, 5.74) is 6.61.